The predicted molar refractivity (Wildman–Crippen MR) is 133 cm³/mol. The summed E-state index contributed by atoms with van der Waals surface area (Å²) in [7, 11) is 0. The number of aryl methyl sites for hydroxylation is 2. The summed E-state index contributed by atoms with van der Waals surface area (Å²) in [4.78, 5) is 23.2. The summed E-state index contributed by atoms with van der Waals surface area (Å²) in [6.45, 7) is 10.7. The highest BCUT2D eigenvalue weighted by Crippen LogP contribution is 2.32. The first kappa shape index (κ1) is 23.2. The van der Waals surface area contributed by atoms with Crippen molar-refractivity contribution in [3.8, 4) is 11.3 Å². The third kappa shape index (κ3) is 4.70. The molecule has 4 aromatic rings. The van der Waals surface area contributed by atoms with Crippen molar-refractivity contribution in [3.05, 3.63) is 59.4 Å². The van der Waals surface area contributed by atoms with Gasteiger partial charge in [0.15, 0.2) is 5.65 Å². The maximum atomic E-state index is 15.3. The van der Waals surface area contributed by atoms with Gasteiger partial charge in [-0.25, -0.2) is 18.7 Å². The van der Waals surface area contributed by atoms with Gasteiger partial charge in [-0.15, -0.1) is 0 Å². The number of hydrogen-bond donors (Lipinski definition) is 0. The molecule has 1 aliphatic rings. The van der Waals surface area contributed by atoms with Crippen LogP contribution in [0.3, 0.4) is 0 Å². The molecule has 5 rings (SSSR count). The quantitative estimate of drug-likeness (QED) is 0.366. The highest BCUT2D eigenvalue weighted by molar-refractivity contribution is 5.87. The van der Waals surface area contributed by atoms with Gasteiger partial charge in [0, 0.05) is 47.2 Å². The first-order chi connectivity index (χ1) is 16.6. The number of aromatic nitrogens is 4. The summed E-state index contributed by atoms with van der Waals surface area (Å²) in [5, 5.41) is 5.91. The van der Waals surface area contributed by atoms with E-state index in [0.29, 0.717) is 29.7 Å². The van der Waals surface area contributed by atoms with Crippen LogP contribution in [0, 0.1) is 19.7 Å². The monoisotopic (exact) mass is 475 g/mol. The fourth-order valence-corrected chi connectivity index (χ4v) is 4.67. The molecule has 1 saturated heterocycles. The SMILES string of the molecule is Cc1cn2nc(-c3cc(F)c4cc(C5CCN(C(=O)OC(C)(C)C)CC5)ncc4c3)cc(C)c2n1. The summed E-state index contributed by atoms with van der Waals surface area (Å²) in [6, 6.07) is 7.25. The van der Waals surface area contributed by atoms with E-state index < -0.39 is 5.60 Å². The third-order valence-electron chi connectivity index (χ3n) is 6.40. The molecule has 1 fully saturated rings. The molecule has 1 aliphatic heterocycles. The lowest BCUT2D eigenvalue weighted by Gasteiger charge is -2.33. The number of pyridine rings is 1. The maximum Gasteiger partial charge on any atom is 0.410 e. The molecule has 1 amide bonds. The summed E-state index contributed by atoms with van der Waals surface area (Å²) < 4.78 is 22.5. The number of benzene rings is 1. The molecule has 0 spiro atoms. The van der Waals surface area contributed by atoms with Gasteiger partial charge in [-0.1, -0.05) is 0 Å². The number of carbonyl (C=O) groups excluding carboxylic acids is 1. The van der Waals surface area contributed by atoms with Crippen LogP contribution in [0.1, 0.15) is 56.5 Å². The first-order valence-electron chi connectivity index (χ1n) is 12.0. The van der Waals surface area contributed by atoms with Crippen molar-refractivity contribution in [2.75, 3.05) is 13.1 Å². The van der Waals surface area contributed by atoms with Gasteiger partial charge in [-0.2, -0.15) is 5.10 Å². The van der Waals surface area contributed by atoms with Crippen molar-refractivity contribution < 1.29 is 13.9 Å². The van der Waals surface area contributed by atoms with Crippen LogP contribution in [0.25, 0.3) is 27.7 Å². The van der Waals surface area contributed by atoms with Gasteiger partial charge in [0.25, 0.3) is 0 Å². The van der Waals surface area contributed by atoms with Gasteiger partial charge in [-0.3, -0.25) is 4.98 Å². The van der Waals surface area contributed by atoms with Gasteiger partial charge in [0.2, 0.25) is 0 Å². The first-order valence-corrected chi connectivity index (χ1v) is 12.0. The average molecular weight is 476 g/mol. The molecule has 0 unspecified atom stereocenters. The number of nitrogens with zero attached hydrogens (tertiary/aromatic N) is 5. The molecule has 7 nitrogen and oxygen atoms in total. The fourth-order valence-electron chi connectivity index (χ4n) is 4.67. The van der Waals surface area contributed by atoms with E-state index in [1.807, 2.05) is 59.0 Å². The van der Waals surface area contributed by atoms with Crippen LogP contribution in [0.15, 0.2) is 36.7 Å². The predicted octanol–water partition coefficient (Wildman–Crippen LogP) is 5.81. The zero-order valence-corrected chi connectivity index (χ0v) is 20.8. The van der Waals surface area contributed by atoms with Crippen molar-refractivity contribution in [2.24, 2.45) is 0 Å². The van der Waals surface area contributed by atoms with Crippen LogP contribution >= 0.6 is 0 Å². The van der Waals surface area contributed by atoms with Crippen LogP contribution in [0.2, 0.25) is 0 Å². The Hall–Kier alpha value is -3.55. The maximum absolute atomic E-state index is 15.3. The number of hydrogen-bond acceptors (Lipinski definition) is 5. The second kappa shape index (κ2) is 8.59. The Bertz CT molecular complexity index is 1430. The van der Waals surface area contributed by atoms with E-state index in [0.717, 1.165) is 40.8 Å². The number of carbonyl (C=O) groups is 1. The average Bonchev–Trinajstić information content (AvgIpc) is 3.18. The largest absolute Gasteiger partial charge is 0.444 e. The second-order valence-corrected chi connectivity index (χ2v) is 10.4. The van der Waals surface area contributed by atoms with E-state index in [1.165, 1.54) is 6.07 Å². The highest BCUT2D eigenvalue weighted by atomic mass is 19.1. The Morgan fingerprint density at radius 2 is 1.86 bits per heavy atom. The lowest BCUT2D eigenvalue weighted by molar-refractivity contribution is 0.0204. The van der Waals surface area contributed by atoms with Crippen LogP contribution in [-0.4, -0.2) is 49.3 Å². The molecule has 0 aliphatic carbocycles. The molecule has 3 aromatic heterocycles. The molecule has 0 bridgehead atoms. The van der Waals surface area contributed by atoms with E-state index in [1.54, 1.807) is 15.6 Å². The molecule has 8 heteroatoms. The van der Waals surface area contributed by atoms with Crippen LogP contribution in [-0.2, 0) is 4.74 Å². The molecule has 4 heterocycles. The number of fused-ring (bicyclic) bond motifs is 2. The number of piperidine rings is 1. The van der Waals surface area contributed by atoms with Gasteiger partial charge in [0.05, 0.1) is 17.6 Å². The minimum Gasteiger partial charge on any atom is -0.444 e. The van der Waals surface area contributed by atoms with Crippen molar-refractivity contribution >= 4 is 22.5 Å². The van der Waals surface area contributed by atoms with Crippen LogP contribution in [0.4, 0.5) is 9.18 Å². The topological polar surface area (TPSA) is 72.6 Å². The van der Waals surface area contributed by atoms with Crippen LogP contribution in [0.5, 0.6) is 0 Å². The summed E-state index contributed by atoms with van der Waals surface area (Å²) >= 11 is 0. The Kier molecular flexibility index (Phi) is 5.69. The van der Waals surface area contributed by atoms with Crippen molar-refractivity contribution in [2.45, 2.75) is 59.0 Å². The molecular formula is C27H30FN5O2. The Morgan fingerprint density at radius 3 is 2.57 bits per heavy atom. The second-order valence-electron chi connectivity index (χ2n) is 10.4. The molecule has 0 radical (unpaired) electrons. The molecule has 0 saturated carbocycles. The lowest BCUT2D eigenvalue weighted by Crippen LogP contribution is -2.41. The van der Waals surface area contributed by atoms with E-state index in [2.05, 4.69) is 15.1 Å². The molecular weight excluding hydrogens is 445 g/mol. The van der Waals surface area contributed by atoms with Crippen molar-refractivity contribution in [1.29, 1.82) is 0 Å². The van der Waals surface area contributed by atoms with Crippen molar-refractivity contribution in [3.63, 3.8) is 0 Å². The fraction of sp³-hybridized carbons (Fsp3) is 0.407. The van der Waals surface area contributed by atoms with Gasteiger partial charge in [0.1, 0.15) is 11.4 Å². The van der Waals surface area contributed by atoms with E-state index in [-0.39, 0.29) is 17.8 Å². The third-order valence-corrected chi connectivity index (χ3v) is 6.40. The number of imidazole rings is 1. The number of ether oxygens (including phenoxy) is 1. The smallest absolute Gasteiger partial charge is 0.410 e. The Balaban J connectivity index is 1.38. The van der Waals surface area contributed by atoms with E-state index in [4.69, 9.17) is 4.74 Å². The van der Waals surface area contributed by atoms with Gasteiger partial charge in [-0.05, 0) is 77.3 Å². The molecule has 0 N–H and O–H groups in total. The van der Waals surface area contributed by atoms with E-state index >= 15 is 4.39 Å². The van der Waals surface area contributed by atoms with Crippen LogP contribution < -0.4 is 0 Å². The summed E-state index contributed by atoms with van der Waals surface area (Å²) in [5.74, 6) is -0.123. The zero-order chi connectivity index (χ0) is 24.9. The van der Waals surface area contributed by atoms with E-state index in [9.17, 15) is 4.79 Å². The number of amides is 1. The Morgan fingerprint density at radius 1 is 1.11 bits per heavy atom. The number of rotatable bonds is 2. The lowest BCUT2D eigenvalue weighted by atomic mass is 9.92. The van der Waals surface area contributed by atoms with Crippen molar-refractivity contribution in [1.82, 2.24) is 24.5 Å². The standard InChI is InChI=1S/C27H30FN5O2/c1-16-10-24(31-33-15-17(2)30-25(16)33)19-11-20-14-29-23(13-21(20)22(28)12-19)18-6-8-32(9-7-18)26(34)35-27(3,4)5/h10-15,18H,6-9H2,1-5H3. The number of halogens is 1. The summed E-state index contributed by atoms with van der Waals surface area (Å²) in [6.07, 6.45) is 4.86. The molecule has 182 valence electrons. The normalized spacial score (nSPS) is 15.2. The molecule has 35 heavy (non-hydrogen) atoms. The Labute approximate surface area is 203 Å². The van der Waals surface area contributed by atoms with Gasteiger partial charge < -0.3 is 9.64 Å². The highest BCUT2D eigenvalue weighted by Gasteiger charge is 2.28. The zero-order valence-electron chi connectivity index (χ0n) is 20.8. The molecule has 0 atom stereocenters. The number of likely N-dealkylation sites (tertiary alicyclic amines) is 1. The molecule has 1 aromatic carbocycles. The minimum atomic E-state index is -0.512. The summed E-state index contributed by atoms with van der Waals surface area (Å²) in [5.41, 5.74) is 4.40. The van der Waals surface area contributed by atoms with Gasteiger partial charge >= 0.3 is 6.09 Å². The minimum absolute atomic E-state index is 0.174.